The second kappa shape index (κ2) is 7.11. The number of nitrogens with one attached hydrogen (secondary N) is 1. The van der Waals surface area contributed by atoms with Crippen molar-refractivity contribution in [3.8, 4) is 0 Å². The number of rotatable bonds is 2. The van der Waals surface area contributed by atoms with Crippen LogP contribution in [-0.2, 0) is 19.1 Å². The average Bonchev–Trinajstić information content (AvgIpc) is 2.75. The lowest BCUT2D eigenvalue weighted by Crippen LogP contribution is -2.33. The Morgan fingerprint density at radius 3 is 2.33 bits per heavy atom. The van der Waals surface area contributed by atoms with Crippen LogP contribution in [0.1, 0.15) is 31.9 Å². The molecule has 0 saturated carbocycles. The molecule has 0 radical (unpaired) electrons. The lowest BCUT2D eigenvalue weighted by Gasteiger charge is -2.26. The first kappa shape index (κ1) is 17.0. The highest BCUT2D eigenvalue weighted by Gasteiger charge is 2.43. The summed E-state index contributed by atoms with van der Waals surface area (Å²) in [6.07, 6.45) is 0.960. The molecule has 0 aromatic heterocycles. The fourth-order valence-electron chi connectivity index (χ4n) is 2.63. The molecule has 1 aromatic rings. The van der Waals surface area contributed by atoms with E-state index in [1.54, 1.807) is 12.1 Å². The Kier molecular flexibility index (Phi) is 5.76. The third kappa shape index (κ3) is 4.21. The first-order valence-electron chi connectivity index (χ1n) is 6.44. The van der Waals surface area contributed by atoms with Crippen molar-refractivity contribution >= 4 is 12.1 Å². The number of esters is 1. The largest absolute Gasteiger partial charge is 0.468 e. The van der Waals surface area contributed by atoms with Crippen LogP contribution < -0.4 is 5.32 Å². The highest BCUT2D eigenvalue weighted by atomic mass is 19.1. The molecule has 2 atom stereocenters. The van der Waals surface area contributed by atoms with E-state index in [9.17, 15) is 9.18 Å². The van der Waals surface area contributed by atoms with Crippen LogP contribution in [-0.4, -0.2) is 25.3 Å². The molecule has 2 rings (SSSR count). The Bertz CT molecular complexity index is 521. The van der Waals surface area contributed by atoms with Gasteiger partial charge in [0.2, 0.25) is 0 Å². The van der Waals surface area contributed by atoms with E-state index >= 15 is 0 Å². The summed E-state index contributed by atoms with van der Waals surface area (Å²) in [5.41, 5.74) is 0.921. The summed E-state index contributed by atoms with van der Waals surface area (Å²) in [6, 6.07) is 6.14. The summed E-state index contributed by atoms with van der Waals surface area (Å²) in [4.78, 5) is 27.8. The van der Waals surface area contributed by atoms with Crippen molar-refractivity contribution in [3.63, 3.8) is 0 Å². The van der Waals surface area contributed by atoms with E-state index in [2.05, 4.69) is 19.2 Å². The minimum atomic E-state index is -0.292. The summed E-state index contributed by atoms with van der Waals surface area (Å²) in [7, 11) is 1.39. The van der Waals surface area contributed by atoms with Gasteiger partial charge in [0.05, 0.1) is 7.11 Å². The SMILES string of the molecule is COC(=O)[C@@H]1CC(C)(C)[C@H](c2ccc(F)cc2)N1.O=C=O. The topological polar surface area (TPSA) is 72.5 Å². The minimum Gasteiger partial charge on any atom is -0.468 e. The number of ether oxygens (including phenoxy) is 1. The third-order valence-electron chi connectivity index (χ3n) is 3.57. The molecule has 0 bridgehead atoms. The van der Waals surface area contributed by atoms with Crippen LogP contribution in [0.25, 0.3) is 0 Å². The highest BCUT2D eigenvalue weighted by molar-refractivity contribution is 5.76. The number of carbonyl (C=O) groups is 1. The van der Waals surface area contributed by atoms with Crippen LogP contribution in [0.2, 0.25) is 0 Å². The molecule has 1 fully saturated rings. The van der Waals surface area contributed by atoms with Gasteiger partial charge in [-0.2, -0.15) is 9.59 Å². The molecule has 1 saturated heterocycles. The molecule has 1 heterocycles. The van der Waals surface area contributed by atoms with E-state index in [1.165, 1.54) is 19.2 Å². The maximum atomic E-state index is 12.9. The second-order valence-corrected chi connectivity index (χ2v) is 5.50. The Labute approximate surface area is 122 Å². The van der Waals surface area contributed by atoms with E-state index in [-0.39, 0.29) is 35.4 Å². The van der Waals surface area contributed by atoms with Crippen molar-refractivity contribution in [1.82, 2.24) is 5.32 Å². The number of carbonyl (C=O) groups excluding carboxylic acids is 3. The van der Waals surface area contributed by atoms with Crippen LogP contribution in [0, 0.1) is 11.2 Å². The Morgan fingerprint density at radius 1 is 1.33 bits per heavy atom. The van der Waals surface area contributed by atoms with Crippen LogP contribution in [0.4, 0.5) is 4.39 Å². The van der Waals surface area contributed by atoms with Crippen molar-refractivity contribution in [2.45, 2.75) is 32.4 Å². The maximum absolute atomic E-state index is 12.9. The third-order valence-corrected chi connectivity index (χ3v) is 3.57. The predicted octanol–water partition coefficient (Wildman–Crippen LogP) is 1.84. The van der Waals surface area contributed by atoms with Gasteiger partial charge in [-0.3, -0.25) is 10.1 Å². The zero-order chi connectivity index (χ0) is 16.0. The molecule has 1 aliphatic rings. The van der Waals surface area contributed by atoms with Gasteiger partial charge in [-0.05, 0) is 29.5 Å². The summed E-state index contributed by atoms with van der Waals surface area (Å²) < 4.78 is 17.7. The molecule has 1 aromatic carbocycles. The lowest BCUT2D eigenvalue weighted by molar-refractivity contribution is -0.191. The van der Waals surface area contributed by atoms with Crippen LogP contribution in [0.15, 0.2) is 24.3 Å². The van der Waals surface area contributed by atoms with Crippen molar-refractivity contribution in [3.05, 3.63) is 35.6 Å². The van der Waals surface area contributed by atoms with Gasteiger partial charge < -0.3 is 4.74 Å². The summed E-state index contributed by atoms with van der Waals surface area (Å²) >= 11 is 0. The van der Waals surface area contributed by atoms with Crippen molar-refractivity contribution in [1.29, 1.82) is 0 Å². The molecule has 1 N–H and O–H groups in total. The Balaban J connectivity index is 0.000000677. The van der Waals surface area contributed by atoms with Gasteiger partial charge >= 0.3 is 12.1 Å². The Hall–Kier alpha value is -2.04. The van der Waals surface area contributed by atoms with E-state index in [4.69, 9.17) is 14.3 Å². The van der Waals surface area contributed by atoms with Gasteiger partial charge in [0.25, 0.3) is 0 Å². The molecule has 0 spiro atoms. The van der Waals surface area contributed by atoms with E-state index in [0.717, 1.165) is 5.56 Å². The number of benzene rings is 1. The van der Waals surface area contributed by atoms with Gasteiger partial charge in [-0.1, -0.05) is 26.0 Å². The summed E-state index contributed by atoms with van der Waals surface area (Å²) in [5.74, 6) is -0.494. The lowest BCUT2D eigenvalue weighted by atomic mass is 9.80. The van der Waals surface area contributed by atoms with Gasteiger partial charge in [-0.25, -0.2) is 4.39 Å². The fraction of sp³-hybridized carbons (Fsp3) is 0.467. The van der Waals surface area contributed by atoms with Crippen molar-refractivity contribution in [2.75, 3.05) is 7.11 Å². The molecule has 21 heavy (non-hydrogen) atoms. The fourth-order valence-corrected chi connectivity index (χ4v) is 2.63. The number of methoxy groups -OCH3 is 1. The van der Waals surface area contributed by atoms with Crippen LogP contribution in [0.3, 0.4) is 0 Å². The summed E-state index contributed by atoms with van der Waals surface area (Å²) in [5, 5.41) is 3.27. The number of halogens is 1. The molecule has 114 valence electrons. The maximum Gasteiger partial charge on any atom is 0.373 e. The van der Waals surface area contributed by atoms with Gasteiger partial charge in [0.15, 0.2) is 0 Å². The van der Waals surface area contributed by atoms with E-state index in [1.807, 2.05) is 0 Å². The molecule has 0 amide bonds. The predicted molar refractivity (Wildman–Crippen MR) is 71.5 cm³/mol. The second-order valence-electron chi connectivity index (χ2n) is 5.50. The molecule has 1 aliphatic heterocycles. The number of hydrogen-bond donors (Lipinski definition) is 1. The Morgan fingerprint density at radius 2 is 1.86 bits per heavy atom. The van der Waals surface area contributed by atoms with Crippen molar-refractivity contribution < 1.29 is 23.5 Å². The molecule has 0 unspecified atom stereocenters. The molecule has 0 aliphatic carbocycles. The van der Waals surface area contributed by atoms with E-state index in [0.29, 0.717) is 6.42 Å². The zero-order valence-corrected chi connectivity index (χ0v) is 12.2. The highest BCUT2D eigenvalue weighted by Crippen LogP contribution is 2.43. The van der Waals surface area contributed by atoms with Gasteiger partial charge in [0, 0.05) is 6.04 Å². The quantitative estimate of drug-likeness (QED) is 0.843. The normalized spacial score (nSPS) is 22.7. The molecule has 6 heteroatoms. The zero-order valence-electron chi connectivity index (χ0n) is 12.2. The number of hydrogen-bond acceptors (Lipinski definition) is 5. The summed E-state index contributed by atoms with van der Waals surface area (Å²) in [6.45, 7) is 4.19. The monoisotopic (exact) mass is 295 g/mol. The van der Waals surface area contributed by atoms with Gasteiger partial charge in [0.1, 0.15) is 11.9 Å². The average molecular weight is 295 g/mol. The van der Waals surface area contributed by atoms with Crippen LogP contribution >= 0.6 is 0 Å². The molecule has 5 nitrogen and oxygen atoms in total. The standard InChI is InChI=1S/C14H18FNO2.CO2/c1-14(2)8-11(13(17)18-3)16-12(14)9-4-6-10(15)7-5-9;2-1-3/h4-7,11-12,16H,8H2,1-3H3;/t11-,12-;/m0./s1. The minimum absolute atomic E-state index is 0.0298. The first-order valence-corrected chi connectivity index (χ1v) is 6.44. The van der Waals surface area contributed by atoms with Crippen LogP contribution in [0.5, 0.6) is 0 Å². The van der Waals surface area contributed by atoms with Gasteiger partial charge in [-0.15, -0.1) is 0 Å². The van der Waals surface area contributed by atoms with E-state index < -0.39 is 0 Å². The van der Waals surface area contributed by atoms with Crippen molar-refractivity contribution in [2.24, 2.45) is 5.41 Å². The molecular weight excluding hydrogens is 277 g/mol. The first-order chi connectivity index (χ1) is 9.85. The molecular formula is C15H18FNO4. The smallest absolute Gasteiger partial charge is 0.373 e.